The highest BCUT2D eigenvalue weighted by Crippen LogP contribution is 2.29. The molecule has 4 rings (SSSR count). The highest BCUT2D eigenvalue weighted by Gasteiger charge is 2.09. The number of thioether (sulfide) groups is 1. The molecule has 0 spiro atoms. The number of halogens is 3. The molecule has 0 atom stereocenters. The van der Waals surface area contributed by atoms with Gasteiger partial charge in [0.2, 0.25) is 5.91 Å². The molecule has 0 saturated heterocycles. The molecule has 0 aliphatic heterocycles. The number of amides is 1. The minimum absolute atomic E-state index is 0.183. The molecule has 0 fully saturated rings. The van der Waals surface area contributed by atoms with E-state index in [2.05, 4.69) is 10.6 Å². The highest BCUT2D eigenvalue weighted by molar-refractivity contribution is 7.99. The molecule has 4 nitrogen and oxygen atoms in total. The van der Waals surface area contributed by atoms with Crippen LogP contribution in [0.5, 0.6) is 0 Å². The first kappa shape index (κ1) is 23.9. The maximum Gasteiger partial charge on any atom is 0.288 e. The van der Waals surface area contributed by atoms with Gasteiger partial charge in [-0.3, -0.25) is 4.79 Å². The lowest BCUT2D eigenvalue weighted by Gasteiger charge is -2.08. The molecule has 3 aromatic carbocycles. The maximum atomic E-state index is 12.4. The molecule has 0 radical (unpaired) electrons. The molecular formula is C26H21ClF2N2O2S. The zero-order chi connectivity index (χ0) is 23.9. The van der Waals surface area contributed by atoms with Crippen LogP contribution in [0.15, 0.2) is 94.2 Å². The maximum absolute atomic E-state index is 12.4. The van der Waals surface area contributed by atoms with Crippen molar-refractivity contribution in [3.8, 4) is 11.3 Å². The van der Waals surface area contributed by atoms with E-state index in [0.29, 0.717) is 39.7 Å². The summed E-state index contributed by atoms with van der Waals surface area (Å²) in [5.74, 6) is -1.16. The van der Waals surface area contributed by atoms with E-state index in [9.17, 15) is 13.6 Å². The Bertz CT molecular complexity index is 1240. The van der Waals surface area contributed by atoms with Crippen LogP contribution in [0, 0.1) is 0 Å². The van der Waals surface area contributed by atoms with E-state index < -0.39 is 5.76 Å². The standard InChI is InChI=1S/C26H21ClF2N2O2S/c27-23-4-2-1-3-22(23)24-14-11-20(33-24)16-30-18-7-5-17(6-8-18)15-25(32)31-19-9-12-21(13-10-19)34-26(28)29/h1-14,26,30H,15-16H2,(H,31,32). The molecule has 2 N–H and O–H groups in total. The van der Waals surface area contributed by atoms with Gasteiger partial charge in [-0.1, -0.05) is 47.6 Å². The van der Waals surface area contributed by atoms with E-state index in [1.54, 1.807) is 24.3 Å². The van der Waals surface area contributed by atoms with E-state index in [-0.39, 0.29) is 12.3 Å². The van der Waals surface area contributed by atoms with Crippen molar-refractivity contribution in [1.29, 1.82) is 0 Å². The third-order valence-corrected chi connectivity index (χ3v) is 6.00. The molecule has 0 unspecified atom stereocenters. The molecule has 4 aromatic rings. The Balaban J connectivity index is 1.27. The lowest BCUT2D eigenvalue weighted by Crippen LogP contribution is -2.14. The predicted molar refractivity (Wildman–Crippen MR) is 134 cm³/mol. The number of hydrogen-bond donors (Lipinski definition) is 2. The second-order valence-electron chi connectivity index (χ2n) is 7.42. The number of alkyl halides is 2. The Morgan fingerprint density at radius 1 is 0.912 bits per heavy atom. The van der Waals surface area contributed by atoms with Gasteiger partial charge in [-0.05, 0) is 66.2 Å². The van der Waals surface area contributed by atoms with Crippen LogP contribution in [0.4, 0.5) is 20.2 Å². The number of carbonyl (C=O) groups is 1. The molecule has 0 saturated carbocycles. The first-order valence-corrected chi connectivity index (χ1v) is 11.7. The fourth-order valence-corrected chi connectivity index (χ4v) is 4.05. The average molecular weight is 499 g/mol. The van der Waals surface area contributed by atoms with Gasteiger partial charge in [0, 0.05) is 21.8 Å². The van der Waals surface area contributed by atoms with Crippen LogP contribution < -0.4 is 10.6 Å². The summed E-state index contributed by atoms with van der Waals surface area (Å²) in [5.41, 5.74) is 3.16. The normalized spacial score (nSPS) is 10.9. The summed E-state index contributed by atoms with van der Waals surface area (Å²) in [6.07, 6.45) is 0.202. The predicted octanol–water partition coefficient (Wildman–Crippen LogP) is 7.71. The van der Waals surface area contributed by atoms with Gasteiger partial charge in [-0.15, -0.1) is 0 Å². The number of benzene rings is 3. The molecule has 1 amide bonds. The van der Waals surface area contributed by atoms with Crippen molar-refractivity contribution in [1.82, 2.24) is 0 Å². The van der Waals surface area contributed by atoms with Crippen molar-refractivity contribution < 1.29 is 18.0 Å². The number of hydrogen-bond acceptors (Lipinski definition) is 4. The molecule has 0 aliphatic rings. The van der Waals surface area contributed by atoms with Crippen molar-refractivity contribution in [3.05, 3.63) is 101 Å². The fourth-order valence-electron chi connectivity index (χ4n) is 3.32. The number of carbonyl (C=O) groups excluding carboxylic acids is 1. The second-order valence-corrected chi connectivity index (χ2v) is 8.89. The minimum atomic E-state index is -2.47. The first-order valence-electron chi connectivity index (χ1n) is 10.5. The molecule has 174 valence electrons. The summed E-state index contributed by atoms with van der Waals surface area (Å²) in [6, 6.07) is 25.2. The van der Waals surface area contributed by atoms with E-state index in [1.807, 2.05) is 60.7 Å². The van der Waals surface area contributed by atoms with E-state index in [1.165, 1.54) is 0 Å². The molecular weight excluding hydrogens is 478 g/mol. The van der Waals surface area contributed by atoms with Crippen LogP contribution in [0.25, 0.3) is 11.3 Å². The van der Waals surface area contributed by atoms with Gasteiger partial charge in [0.15, 0.2) is 0 Å². The smallest absolute Gasteiger partial charge is 0.288 e. The Labute approximate surface area is 205 Å². The Kier molecular flexibility index (Phi) is 7.87. The molecule has 8 heteroatoms. The summed E-state index contributed by atoms with van der Waals surface area (Å²) in [6.45, 7) is 0.504. The van der Waals surface area contributed by atoms with Crippen molar-refractivity contribution in [2.75, 3.05) is 10.6 Å². The molecule has 0 bridgehead atoms. The van der Waals surface area contributed by atoms with E-state index in [0.717, 1.165) is 22.6 Å². The van der Waals surface area contributed by atoms with Crippen LogP contribution in [0.1, 0.15) is 11.3 Å². The zero-order valence-electron chi connectivity index (χ0n) is 17.9. The molecule has 1 aromatic heterocycles. The summed E-state index contributed by atoms with van der Waals surface area (Å²) < 4.78 is 30.7. The van der Waals surface area contributed by atoms with E-state index >= 15 is 0 Å². The van der Waals surface area contributed by atoms with Crippen LogP contribution in [-0.2, 0) is 17.8 Å². The SMILES string of the molecule is O=C(Cc1ccc(NCc2ccc(-c3ccccc3Cl)o2)cc1)Nc1ccc(SC(F)F)cc1. The van der Waals surface area contributed by atoms with Crippen molar-refractivity contribution in [2.45, 2.75) is 23.6 Å². The van der Waals surface area contributed by atoms with Crippen LogP contribution >= 0.6 is 23.4 Å². The molecule has 34 heavy (non-hydrogen) atoms. The first-order chi connectivity index (χ1) is 16.5. The van der Waals surface area contributed by atoms with Crippen molar-refractivity contribution >= 4 is 40.6 Å². The third kappa shape index (κ3) is 6.62. The minimum Gasteiger partial charge on any atom is -0.459 e. The van der Waals surface area contributed by atoms with Gasteiger partial charge in [0.25, 0.3) is 5.76 Å². The van der Waals surface area contributed by atoms with Crippen molar-refractivity contribution in [3.63, 3.8) is 0 Å². The van der Waals surface area contributed by atoms with E-state index in [4.69, 9.17) is 16.0 Å². The van der Waals surface area contributed by atoms with Gasteiger partial charge in [0.05, 0.1) is 18.0 Å². The summed E-state index contributed by atoms with van der Waals surface area (Å²) in [5, 5.41) is 6.71. The number of furan rings is 1. The second kappa shape index (κ2) is 11.2. The van der Waals surface area contributed by atoms with Crippen LogP contribution in [0.3, 0.4) is 0 Å². The Morgan fingerprint density at radius 2 is 1.62 bits per heavy atom. The molecule has 1 heterocycles. The topological polar surface area (TPSA) is 54.3 Å². The lowest BCUT2D eigenvalue weighted by molar-refractivity contribution is -0.115. The summed E-state index contributed by atoms with van der Waals surface area (Å²) in [4.78, 5) is 12.8. The third-order valence-electron chi connectivity index (χ3n) is 4.95. The Morgan fingerprint density at radius 3 is 2.32 bits per heavy atom. The van der Waals surface area contributed by atoms with Gasteiger partial charge >= 0.3 is 0 Å². The fraction of sp³-hybridized carbons (Fsp3) is 0.115. The number of anilines is 2. The lowest BCUT2D eigenvalue weighted by atomic mass is 10.1. The molecule has 0 aliphatic carbocycles. The van der Waals surface area contributed by atoms with Gasteiger partial charge in [-0.25, -0.2) is 0 Å². The van der Waals surface area contributed by atoms with Gasteiger partial charge in [-0.2, -0.15) is 8.78 Å². The highest BCUT2D eigenvalue weighted by atomic mass is 35.5. The van der Waals surface area contributed by atoms with Crippen LogP contribution in [0.2, 0.25) is 5.02 Å². The zero-order valence-corrected chi connectivity index (χ0v) is 19.5. The van der Waals surface area contributed by atoms with Gasteiger partial charge < -0.3 is 15.1 Å². The quantitative estimate of drug-likeness (QED) is 0.232. The number of nitrogens with one attached hydrogen (secondary N) is 2. The van der Waals surface area contributed by atoms with Crippen molar-refractivity contribution in [2.24, 2.45) is 0 Å². The van der Waals surface area contributed by atoms with Gasteiger partial charge in [0.1, 0.15) is 11.5 Å². The monoisotopic (exact) mass is 498 g/mol. The summed E-state index contributed by atoms with van der Waals surface area (Å²) >= 11 is 6.70. The summed E-state index contributed by atoms with van der Waals surface area (Å²) in [7, 11) is 0. The number of rotatable bonds is 9. The Hall–Kier alpha value is -3.29. The van der Waals surface area contributed by atoms with Crippen LogP contribution in [-0.4, -0.2) is 11.7 Å². The average Bonchev–Trinajstić information content (AvgIpc) is 3.29. The largest absolute Gasteiger partial charge is 0.459 e.